The Morgan fingerprint density at radius 3 is 2.62 bits per heavy atom. The SMILES string of the molecule is O=C(NCc1ccnc(-c2cccs2)c1)Nc1c(F)cccc1F. The van der Waals surface area contributed by atoms with Crippen molar-refractivity contribution in [1.82, 2.24) is 10.3 Å². The molecule has 7 heteroatoms. The van der Waals surface area contributed by atoms with Crippen molar-refractivity contribution in [1.29, 1.82) is 0 Å². The lowest BCUT2D eigenvalue weighted by molar-refractivity contribution is 0.251. The number of nitrogens with zero attached hydrogens (tertiary/aromatic N) is 1. The Labute approximate surface area is 141 Å². The monoisotopic (exact) mass is 345 g/mol. The molecule has 2 heterocycles. The van der Waals surface area contributed by atoms with Gasteiger partial charge in [0.15, 0.2) is 0 Å². The van der Waals surface area contributed by atoms with Gasteiger partial charge < -0.3 is 10.6 Å². The van der Waals surface area contributed by atoms with Gasteiger partial charge in [0.2, 0.25) is 0 Å². The first-order valence-corrected chi connectivity index (χ1v) is 7.99. The molecule has 3 aromatic rings. The van der Waals surface area contributed by atoms with Crippen LogP contribution in [0.2, 0.25) is 0 Å². The van der Waals surface area contributed by atoms with Gasteiger partial charge in [-0.3, -0.25) is 4.98 Å². The van der Waals surface area contributed by atoms with E-state index in [0.717, 1.165) is 28.3 Å². The predicted octanol–water partition coefficient (Wildman–Crippen LogP) is 4.41. The summed E-state index contributed by atoms with van der Waals surface area (Å²) >= 11 is 1.57. The summed E-state index contributed by atoms with van der Waals surface area (Å²) in [7, 11) is 0. The molecule has 0 unspecified atom stereocenters. The number of rotatable bonds is 4. The maximum Gasteiger partial charge on any atom is 0.319 e. The van der Waals surface area contributed by atoms with E-state index in [9.17, 15) is 13.6 Å². The second-order valence-corrected chi connectivity index (χ2v) is 5.88. The fraction of sp³-hybridized carbons (Fsp3) is 0.0588. The van der Waals surface area contributed by atoms with Crippen LogP contribution in [0.15, 0.2) is 54.0 Å². The fourth-order valence-electron chi connectivity index (χ4n) is 2.10. The van der Waals surface area contributed by atoms with E-state index in [-0.39, 0.29) is 6.54 Å². The van der Waals surface area contributed by atoms with Crippen molar-refractivity contribution in [2.24, 2.45) is 0 Å². The number of anilines is 1. The number of halogens is 2. The maximum absolute atomic E-state index is 13.5. The van der Waals surface area contributed by atoms with E-state index >= 15 is 0 Å². The van der Waals surface area contributed by atoms with Crippen LogP contribution in [0.4, 0.5) is 19.3 Å². The van der Waals surface area contributed by atoms with Gasteiger partial charge in [0.1, 0.15) is 17.3 Å². The number of pyridine rings is 1. The third-order valence-corrected chi connectivity index (χ3v) is 4.14. The molecule has 0 atom stereocenters. The van der Waals surface area contributed by atoms with Gasteiger partial charge >= 0.3 is 6.03 Å². The van der Waals surface area contributed by atoms with Crippen molar-refractivity contribution in [3.8, 4) is 10.6 Å². The summed E-state index contributed by atoms with van der Waals surface area (Å²) in [6.07, 6.45) is 1.65. The molecule has 0 aliphatic carbocycles. The van der Waals surface area contributed by atoms with Crippen molar-refractivity contribution in [3.63, 3.8) is 0 Å². The topological polar surface area (TPSA) is 54.0 Å². The molecule has 0 aliphatic rings. The van der Waals surface area contributed by atoms with Crippen LogP contribution in [0.5, 0.6) is 0 Å². The van der Waals surface area contributed by atoms with Crippen LogP contribution in [0.3, 0.4) is 0 Å². The number of thiophene rings is 1. The normalized spacial score (nSPS) is 10.4. The number of para-hydroxylation sites is 1. The molecule has 0 bridgehead atoms. The molecule has 2 N–H and O–H groups in total. The van der Waals surface area contributed by atoms with Crippen molar-refractivity contribution >= 4 is 23.1 Å². The van der Waals surface area contributed by atoms with Crippen LogP contribution in [0.25, 0.3) is 10.6 Å². The number of carbonyl (C=O) groups excluding carboxylic acids is 1. The molecular weight excluding hydrogens is 332 g/mol. The summed E-state index contributed by atoms with van der Waals surface area (Å²) in [6, 6.07) is 10.2. The smallest absolute Gasteiger partial charge is 0.319 e. The van der Waals surface area contributed by atoms with Crippen molar-refractivity contribution in [2.75, 3.05) is 5.32 Å². The van der Waals surface area contributed by atoms with Gasteiger partial charge in [0, 0.05) is 12.7 Å². The first-order chi connectivity index (χ1) is 11.6. The Morgan fingerprint density at radius 1 is 1.12 bits per heavy atom. The highest BCUT2D eigenvalue weighted by Gasteiger charge is 2.11. The Kier molecular flexibility index (Phi) is 4.81. The number of urea groups is 1. The zero-order valence-corrected chi connectivity index (χ0v) is 13.2. The van der Waals surface area contributed by atoms with E-state index in [1.807, 2.05) is 23.6 Å². The molecule has 0 radical (unpaired) electrons. The highest BCUT2D eigenvalue weighted by Crippen LogP contribution is 2.23. The molecule has 24 heavy (non-hydrogen) atoms. The molecule has 2 aromatic heterocycles. The Morgan fingerprint density at radius 2 is 1.92 bits per heavy atom. The second kappa shape index (κ2) is 7.18. The van der Waals surface area contributed by atoms with Crippen molar-refractivity contribution in [2.45, 2.75) is 6.54 Å². The van der Waals surface area contributed by atoms with Gasteiger partial charge in [0.05, 0.1) is 10.6 Å². The van der Waals surface area contributed by atoms with E-state index < -0.39 is 23.4 Å². The van der Waals surface area contributed by atoms with Crippen LogP contribution < -0.4 is 10.6 Å². The van der Waals surface area contributed by atoms with Crippen LogP contribution in [0.1, 0.15) is 5.56 Å². The molecule has 4 nitrogen and oxygen atoms in total. The molecule has 0 saturated heterocycles. The summed E-state index contributed by atoms with van der Waals surface area (Å²) in [4.78, 5) is 17.1. The third kappa shape index (κ3) is 3.75. The van der Waals surface area contributed by atoms with Gasteiger partial charge in [-0.25, -0.2) is 13.6 Å². The molecule has 0 spiro atoms. The average molecular weight is 345 g/mol. The van der Waals surface area contributed by atoms with Crippen molar-refractivity contribution in [3.05, 3.63) is 71.2 Å². The zero-order valence-electron chi connectivity index (χ0n) is 12.4. The fourth-order valence-corrected chi connectivity index (χ4v) is 2.79. The average Bonchev–Trinajstić information content (AvgIpc) is 3.11. The summed E-state index contributed by atoms with van der Waals surface area (Å²) in [5.74, 6) is -1.65. The summed E-state index contributed by atoms with van der Waals surface area (Å²) < 4.78 is 27.0. The molecule has 1 aromatic carbocycles. The second-order valence-electron chi connectivity index (χ2n) is 4.93. The number of nitrogens with one attached hydrogen (secondary N) is 2. The van der Waals surface area contributed by atoms with E-state index in [2.05, 4.69) is 15.6 Å². The zero-order chi connectivity index (χ0) is 16.9. The maximum atomic E-state index is 13.5. The highest BCUT2D eigenvalue weighted by molar-refractivity contribution is 7.13. The molecule has 2 amide bonds. The van der Waals surface area contributed by atoms with E-state index in [4.69, 9.17) is 0 Å². The Bertz CT molecular complexity index is 833. The number of benzene rings is 1. The van der Waals surface area contributed by atoms with Crippen molar-refractivity contribution < 1.29 is 13.6 Å². The first kappa shape index (κ1) is 16.1. The Hall–Kier alpha value is -2.80. The summed E-state index contributed by atoms with van der Waals surface area (Å²) in [6.45, 7) is 0.211. The minimum Gasteiger partial charge on any atom is -0.334 e. The lowest BCUT2D eigenvalue weighted by atomic mass is 10.2. The van der Waals surface area contributed by atoms with Crippen LogP contribution in [0, 0.1) is 11.6 Å². The molecular formula is C17H13F2N3OS. The van der Waals surface area contributed by atoms with Gasteiger partial charge in [-0.1, -0.05) is 12.1 Å². The number of carbonyl (C=O) groups is 1. The minimum absolute atomic E-state index is 0.211. The quantitative estimate of drug-likeness (QED) is 0.736. The number of hydrogen-bond donors (Lipinski definition) is 2. The predicted molar refractivity (Wildman–Crippen MR) is 89.8 cm³/mol. The van der Waals surface area contributed by atoms with Crippen LogP contribution in [-0.2, 0) is 6.54 Å². The molecule has 122 valence electrons. The summed E-state index contributed by atoms with van der Waals surface area (Å²) in [5, 5.41) is 6.70. The number of aromatic nitrogens is 1. The van der Waals surface area contributed by atoms with Crippen LogP contribution in [-0.4, -0.2) is 11.0 Å². The largest absolute Gasteiger partial charge is 0.334 e. The lowest BCUT2D eigenvalue weighted by Gasteiger charge is -2.09. The third-order valence-electron chi connectivity index (χ3n) is 3.25. The number of hydrogen-bond acceptors (Lipinski definition) is 3. The van der Waals surface area contributed by atoms with Gasteiger partial charge in [0.25, 0.3) is 0 Å². The van der Waals surface area contributed by atoms with E-state index in [1.165, 1.54) is 6.07 Å². The van der Waals surface area contributed by atoms with Gasteiger partial charge in [-0.15, -0.1) is 11.3 Å². The van der Waals surface area contributed by atoms with E-state index in [0.29, 0.717) is 0 Å². The van der Waals surface area contributed by atoms with E-state index in [1.54, 1.807) is 23.6 Å². The number of amides is 2. The van der Waals surface area contributed by atoms with Gasteiger partial charge in [-0.05, 0) is 41.3 Å². The minimum atomic E-state index is -0.825. The van der Waals surface area contributed by atoms with Gasteiger partial charge in [-0.2, -0.15) is 0 Å². The molecule has 0 saturated carbocycles. The molecule has 0 fully saturated rings. The first-order valence-electron chi connectivity index (χ1n) is 7.11. The van der Waals surface area contributed by atoms with Crippen LogP contribution >= 0.6 is 11.3 Å². The lowest BCUT2D eigenvalue weighted by Crippen LogP contribution is -2.29. The standard InChI is InChI=1S/C17H13F2N3OS/c18-12-3-1-4-13(19)16(12)22-17(23)21-10-11-6-7-20-14(9-11)15-5-2-8-24-15/h1-9H,10H2,(H2,21,22,23). The Balaban J connectivity index is 1.64. The molecule has 3 rings (SSSR count). The molecule has 0 aliphatic heterocycles. The highest BCUT2D eigenvalue weighted by atomic mass is 32.1. The summed E-state index contributed by atoms with van der Waals surface area (Å²) in [5.41, 5.74) is 1.17.